The number of rotatable bonds is 6. The van der Waals surface area contributed by atoms with Gasteiger partial charge in [0, 0.05) is 25.4 Å². The zero-order valence-electron chi connectivity index (χ0n) is 11.7. The van der Waals surface area contributed by atoms with Crippen LogP contribution in [0.25, 0.3) is 10.7 Å². The van der Waals surface area contributed by atoms with Crippen LogP contribution in [0.4, 0.5) is 0 Å². The predicted molar refractivity (Wildman–Crippen MR) is 80.0 cm³/mol. The first-order valence-corrected chi connectivity index (χ1v) is 8.06. The quantitative estimate of drug-likeness (QED) is 0.847. The third-order valence-corrected chi connectivity index (χ3v) is 4.30. The maximum atomic E-state index is 11.8. The number of nitrogens with one attached hydrogen (secondary N) is 2. The number of aromatic nitrogens is 2. The molecule has 1 amide bonds. The number of hydrogen-bond donors (Lipinski definition) is 2. The van der Waals surface area contributed by atoms with Gasteiger partial charge in [-0.25, -0.2) is 0 Å². The molecule has 0 spiro atoms. The Balaban J connectivity index is 1.42. The van der Waals surface area contributed by atoms with Crippen molar-refractivity contribution in [2.45, 2.75) is 31.7 Å². The number of hydrogen-bond acceptors (Lipinski definition) is 6. The summed E-state index contributed by atoms with van der Waals surface area (Å²) >= 11 is 1.58. The fourth-order valence-corrected chi connectivity index (χ4v) is 2.99. The van der Waals surface area contributed by atoms with Gasteiger partial charge in [0.05, 0.1) is 4.88 Å². The fraction of sp³-hybridized carbons (Fsp3) is 0.500. The summed E-state index contributed by atoms with van der Waals surface area (Å²) in [5, 5.41) is 12.2. The van der Waals surface area contributed by atoms with Gasteiger partial charge in [-0.1, -0.05) is 11.2 Å². The Bertz CT molecular complexity index is 576. The largest absolute Gasteiger partial charge is 0.352 e. The van der Waals surface area contributed by atoms with Crippen molar-refractivity contribution in [3.8, 4) is 10.7 Å². The van der Waals surface area contributed by atoms with Crippen LogP contribution in [0, 0.1) is 0 Å². The van der Waals surface area contributed by atoms with Crippen molar-refractivity contribution in [1.82, 2.24) is 20.8 Å². The van der Waals surface area contributed by atoms with Crippen LogP contribution in [0.1, 0.15) is 25.2 Å². The molecular weight excluding hydrogens is 288 g/mol. The Morgan fingerprint density at radius 1 is 1.57 bits per heavy atom. The molecule has 0 radical (unpaired) electrons. The molecule has 3 heterocycles. The number of carbonyl (C=O) groups is 1. The van der Waals surface area contributed by atoms with Crippen LogP contribution in [0.2, 0.25) is 0 Å². The summed E-state index contributed by atoms with van der Waals surface area (Å²) in [7, 11) is 0. The number of aryl methyl sites for hydroxylation is 1. The van der Waals surface area contributed by atoms with Crippen LogP contribution < -0.4 is 10.6 Å². The standard InChI is InChI=1S/C14H18N4O2S/c19-12(16-10-6-7-15-9-10)4-1-5-13-17-14(18-20-13)11-3-2-8-21-11/h2-3,8,10,15H,1,4-7,9H2,(H,16,19). The van der Waals surface area contributed by atoms with E-state index in [-0.39, 0.29) is 11.9 Å². The van der Waals surface area contributed by atoms with Crippen LogP contribution in [0.15, 0.2) is 22.0 Å². The van der Waals surface area contributed by atoms with Crippen LogP contribution in [-0.4, -0.2) is 35.2 Å². The van der Waals surface area contributed by atoms with Crippen molar-refractivity contribution in [2.24, 2.45) is 0 Å². The zero-order valence-corrected chi connectivity index (χ0v) is 12.5. The molecule has 21 heavy (non-hydrogen) atoms. The van der Waals surface area contributed by atoms with Crippen molar-refractivity contribution in [1.29, 1.82) is 0 Å². The lowest BCUT2D eigenvalue weighted by molar-refractivity contribution is -0.121. The van der Waals surface area contributed by atoms with E-state index < -0.39 is 0 Å². The molecule has 0 aromatic carbocycles. The lowest BCUT2D eigenvalue weighted by Crippen LogP contribution is -2.36. The van der Waals surface area contributed by atoms with Gasteiger partial charge >= 0.3 is 0 Å². The van der Waals surface area contributed by atoms with Gasteiger partial charge in [0.1, 0.15) is 0 Å². The molecule has 1 atom stereocenters. The average Bonchev–Trinajstić information content (AvgIpc) is 3.21. The SMILES string of the molecule is O=C(CCCc1nc(-c2cccs2)no1)NC1CCNC1. The minimum atomic E-state index is 0.0988. The average molecular weight is 306 g/mol. The Hall–Kier alpha value is -1.73. The molecule has 3 rings (SSSR count). The number of thiophene rings is 1. The summed E-state index contributed by atoms with van der Waals surface area (Å²) in [6, 6.07) is 4.20. The topological polar surface area (TPSA) is 80.0 Å². The van der Waals surface area contributed by atoms with E-state index in [9.17, 15) is 4.79 Å². The van der Waals surface area contributed by atoms with Crippen LogP contribution in [-0.2, 0) is 11.2 Å². The first-order valence-electron chi connectivity index (χ1n) is 7.18. The Morgan fingerprint density at radius 2 is 2.52 bits per heavy atom. The molecule has 7 heteroatoms. The second kappa shape index (κ2) is 6.82. The third-order valence-electron chi connectivity index (χ3n) is 3.43. The second-order valence-corrected chi connectivity index (χ2v) is 6.05. The van der Waals surface area contributed by atoms with E-state index in [0.717, 1.165) is 30.8 Å². The monoisotopic (exact) mass is 306 g/mol. The van der Waals surface area contributed by atoms with Gasteiger partial charge in [0.2, 0.25) is 17.6 Å². The molecule has 1 aliphatic heterocycles. The number of carbonyl (C=O) groups excluding carboxylic acids is 1. The van der Waals surface area contributed by atoms with Gasteiger partial charge in [-0.15, -0.1) is 11.3 Å². The molecule has 0 bridgehead atoms. The highest BCUT2D eigenvalue weighted by molar-refractivity contribution is 7.13. The lowest BCUT2D eigenvalue weighted by atomic mass is 10.2. The van der Waals surface area contributed by atoms with E-state index in [1.54, 1.807) is 11.3 Å². The van der Waals surface area contributed by atoms with Gasteiger partial charge < -0.3 is 15.2 Å². The molecule has 1 unspecified atom stereocenters. The van der Waals surface area contributed by atoms with Crippen molar-refractivity contribution >= 4 is 17.2 Å². The summed E-state index contributed by atoms with van der Waals surface area (Å²) in [6.07, 6.45) is 2.86. The molecular formula is C14H18N4O2S. The van der Waals surface area contributed by atoms with E-state index in [0.29, 0.717) is 24.6 Å². The van der Waals surface area contributed by atoms with E-state index >= 15 is 0 Å². The summed E-state index contributed by atoms with van der Waals surface area (Å²) in [4.78, 5) is 17.1. The van der Waals surface area contributed by atoms with Gasteiger partial charge in [-0.2, -0.15) is 4.98 Å². The smallest absolute Gasteiger partial charge is 0.226 e. The van der Waals surface area contributed by atoms with E-state index in [2.05, 4.69) is 20.8 Å². The van der Waals surface area contributed by atoms with Crippen LogP contribution >= 0.6 is 11.3 Å². The second-order valence-electron chi connectivity index (χ2n) is 5.10. The molecule has 2 N–H and O–H groups in total. The molecule has 2 aromatic rings. The first-order chi connectivity index (χ1) is 10.3. The molecule has 6 nitrogen and oxygen atoms in total. The highest BCUT2D eigenvalue weighted by Gasteiger charge is 2.16. The maximum absolute atomic E-state index is 11.8. The summed E-state index contributed by atoms with van der Waals surface area (Å²) < 4.78 is 5.21. The normalized spacial score (nSPS) is 18.0. The van der Waals surface area contributed by atoms with Crippen molar-refractivity contribution in [2.75, 3.05) is 13.1 Å². The molecule has 1 aliphatic rings. The molecule has 0 saturated carbocycles. The Morgan fingerprint density at radius 3 is 3.29 bits per heavy atom. The van der Waals surface area contributed by atoms with Crippen LogP contribution in [0.3, 0.4) is 0 Å². The summed E-state index contributed by atoms with van der Waals surface area (Å²) in [6.45, 7) is 1.86. The Kier molecular flexibility index (Phi) is 4.62. The highest BCUT2D eigenvalue weighted by atomic mass is 32.1. The van der Waals surface area contributed by atoms with Gasteiger partial charge in [-0.05, 0) is 30.8 Å². The molecule has 1 saturated heterocycles. The number of amides is 1. The molecule has 1 fully saturated rings. The third kappa shape index (κ3) is 3.89. The fourth-order valence-electron chi connectivity index (χ4n) is 2.34. The molecule has 0 aliphatic carbocycles. The minimum absolute atomic E-state index is 0.0988. The predicted octanol–water partition coefficient (Wildman–Crippen LogP) is 1.60. The summed E-state index contributed by atoms with van der Waals surface area (Å²) in [5.41, 5.74) is 0. The molecule has 2 aromatic heterocycles. The maximum Gasteiger partial charge on any atom is 0.226 e. The first kappa shape index (κ1) is 14.2. The van der Waals surface area contributed by atoms with Gasteiger partial charge in [0.15, 0.2) is 0 Å². The van der Waals surface area contributed by atoms with Crippen LogP contribution in [0.5, 0.6) is 0 Å². The Labute approximate surface area is 126 Å². The van der Waals surface area contributed by atoms with E-state index in [1.165, 1.54) is 0 Å². The highest BCUT2D eigenvalue weighted by Crippen LogP contribution is 2.21. The van der Waals surface area contributed by atoms with E-state index in [4.69, 9.17) is 4.52 Å². The lowest BCUT2D eigenvalue weighted by Gasteiger charge is -2.10. The van der Waals surface area contributed by atoms with Gasteiger partial charge in [0.25, 0.3) is 0 Å². The minimum Gasteiger partial charge on any atom is -0.352 e. The zero-order chi connectivity index (χ0) is 14.5. The van der Waals surface area contributed by atoms with Crippen molar-refractivity contribution in [3.05, 3.63) is 23.4 Å². The molecule has 112 valence electrons. The van der Waals surface area contributed by atoms with Crippen molar-refractivity contribution in [3.63, 3.8) is 0 Å². The number of nitrogens with zero attached hydrogens (tertiary/aromatic N) is 2. The summed E-state index contributed by atoms with van der Waals surface area (Å²) in [5.74, 6) is 1.32. The van der Waals surface area contributed by atoms with E-state index in [1.807, 2.05) is 17.5 Å². The van der Waals surface area contributed by atoms with Crippen molar-refractivity contribution < 1.29 is 9.32 Å². The van der Waals surface area contributed by atoms with Gasteiger partial charge in [-0.3, -0.25) is 4.79 Å².